The van der Waals surface area contributed by atoms with Gasteiger partial charge in [0.2, 0.25) is 23.6 Å². The Morgan fingerprint density at radius 1 is 0.633 bits per heavy atom. The van der Waals surface area contributed by atoms with Crippen LogP contribution in [0.2, 0.25) is 10.0 Å². The highest BCUT2D eigenvalue weighted by Gasteiger charge is 2.64. The third-order valence-electron chi connectivity index (χ3n) is 23.8. The van der Waals surface area contributed by atoms with Crippen molar-refractivity contribution in [1.82, 2.24) is 70.6 Å². The molecule has 16 atom stereocenters. The Morgan fingerprint density at radius 3 is 1.59 bits per heavy atom. The van der Waals surface area contributed by atoms with E-state index < -0.39 is 116 Å². The monoisotopic (exact) mass is 1820 g/mol. The van der Waals surface area contributed by atoms with Crippen molar-refractivity contribution >= 4 is 142 Å². The Hall–Kier alpha value is -9.01. The molecule has 4 aromatic heterocycles. The number of esters is 1. The fourth-order valence-corrected chi connectivity index (χ4v) is 20.2. The number of nitrogens with one attached hydrogen (secondary N) is 5. The Kier molecular flexibility index (Phi) is 26.2. The van der Waals surface area contributed by atoms with Gasteiger partial charge in [-0.3, -0.25) is 28.2 Å². The number of carboxylic acids is 1. The van der Waals surface area contributed by atoms with E-state index in [0.717, 1.165) is 25.7 Å². The van der Waals surface area contributed by atoms with Crippen molar-refractivity contribution in [2.75, 3.05) is 34.4 Å². The Labute approximate surface area is 720 Å². The molecule has 6 heterocycles. The van der Waals surface area contributed by atoms with Gasteiger partial charge in [-0.1, -0.05) is 107 Å². The minimum atomic E-state index is -4.25. The van der Waals surface area contributed by atoms with Gasteiger partial charge in [0, 0.05) is 60.9 Å². The molecule has 6 aliphatic carbocycles. The number of methoxy groups -OCH3 is 3. The van der Waals surface area contributed by atoms with Crippen LogP contribution in [-0.4, -0.2) is 205 Å². The van der Waals surface area contributed by atoms with Crippen molar-refractivity contribution in [2.24, 2.45) is 60.4 Å². The number of carboxylic acid groups (broad SMARTS) is 1. The average molecular weight is 1820 g/mol. The number of alkyl carbamates (subject to hydrolysis) is 2. The average Bonchev–Trinajstić information content (AvgIpc) is 1.58. The predicted molar refractivity (Wildman–Crippen MR) is 444 cm³/mol. The lowest BCUT2D eigenvalue weighted by molar-refractivity contribution is -0.148. The topological polar surface area (TPSA) is 417 Å². The maximum atomic E-state index is 14.6. The number of fused-ring (bicyclic) bond motifs is 4. The normalized spacial score (nSPS) is 26.0. The van der Waals surface area contributed by atoms with E-state index in [0.29, 0.717) is 118 Å². The number of halogens is 3. The van der Waals surface area contributed by atoms with Gasteiger partial charge in [-0.25, -0.2) is 24.2 Å². The molecule has 646 valence electrons. The number of aromatic nitrogens is 8. The number of H-pyrrole nitrogens is 1. The summed E-state index contributed by atoms with van der Waals surface area (Å²) in [6.07, 6.45) is 7.00. The maximum Gasteiger partial charge on any atom is 0.408 e. The van der Waals surface area contributed by atoms with Gasteiger partial charge >= 0.3 is 24.1 Å². The molecule has 39 heteroatoms. The molecule has 6 amide bonds. The van der Waals surface area contributed by atoms with E-state index in [1.54, 1.807) is 92.1 Å². The summed E-state index contributed by atoms with van der Waals surface area (Å²) in [5.74, 6) is -0.633. The van der Waals surface area contributed by atoms with E-state index in [1.165, 1.54) is 85.7 Å². The summed E-state index contributed by atoms with van der Waals surface area (Å²) in [4.78, 5) is 131. The summed E-state index contributed by atoms with van der Waals surface area (Å²) >= 11 is 18.9. The number of ether oxygens (including phenoxy) is 6. The van der Waals surface area contributed by atoms with Crippen LogP contribution in [-0.2, 0) is 71.4 Å². The van der Waals surface area contributed by atoms with E-state index in [1.807, 2.05) is 41.7 Å². The quantitative estimate of drug-likeness (QED) is 0.0176. The van der Waals surface area contributed by atoms with Gasteiger partial charge in [0.1, 0.15) is 98.5 Å². The molecule has 120 heavy (non-hydrogen) atoms. The number of hydrogen-bond donors (Lipinski definition) is 6. The van der Waals surface area contributed by atoms with Gasteiger partial charge in [-0.05, 0) is 170 Å². The highest BCUT2D eigenvalue weighted by molar-refractivity contribution is 9.10. The number of pyridine rings is 2. The van der Waals surface area contributed by atoms with Crippen LogP contribution in [0.4, 0.5) is 9.59 Å². The molecule has 2 unspecified atom stereocenters. The molecular weight excluding hydrogens is 1720 g/mol. The zero-order valence-electron chi connectivity index (χ0n) is 68.6. The third-order valence-corrected chi connectivity index (χ3v) is 28.4. The van der Waals surface area contributed by atoms with Gasteiger partial charge in [-0.15, -0.1) is 20.4 Å². The first-order valence-electron chi connectivity index (χ1n) is 39.8. The van der Waals surface area contributed by atoms with E-state index in [-0.39, 0.29) is 65.3 Å². The summed E-state index contributed by atoms with van der Waals surface area (Å²) in [6.45, 7) is 14.3. The first kappa shape index (κ1) is 88.8. The van der Waals surface area contributed by atoms with Crippen LogP contribution in [0.25, 0.3) is 21.8 Å². The molecule has 15 rings (SSSR count). The van der Waals surface area contributed by atoms with E-state index in [9.17, 15) is 56.7 Å². The van der Waals surface area contributed by atoms with Crippen LogP contribution < -0.4 is 40.9 Å². The number of aryl methyl sites for hydroxylation is 2. The Bertz CT molecular complexity index is 5280. The molecule has 33 nitrogen and oxygen atoms in total. The lowest BCUT2D eigenvalue weighted by Crippen LogP contribution is -2.59. The van der Waals surface area contributed by atoms with Crippen LogP contribution in [0.15, 0.2) is 108 Å². The number of hydrogen-bond acceptors (Lipinski definition) is 25. The lowest BCUT2D eigenvalue weighted by Gasteiger charge is -2.35. The van der Waals surface area contributed by atoms with Crippen LogP contribution in [0, 0.1) is 46.3 Å². The molecule has 7 aromatic rings. The number of rotatable bonds is 25. The number of likely N-dealkylation sites (tertiary alicyclic amines) is 2. The second-order valence-electron chi connectivity index (χ2n) is 34.2. The Balaban J connectivity index is 0.000000169. The van der Waals surface area contributed by atoms with Crippen molar-refractivity contribution in [3.63, 3.8) is 0 Å². The predicted octanol–water partition coefficient (Wildman–Crippen LogP) is 10.8. The zero-order chi connectivity index (χ0) is 86.6. The summed E-state index contributed by atoms with van der Waals surface area (Å²) in [5, 5.41) is 41.3. The molecule has 3 aromatic carbocycles. The number of nitrogens with zero attached hydrogens (tertiary/aromatic N) is 9. The fraction of sp³-hybridized carbons (Fsp3) is 0.556. The summed E-state index contributed by atoms with van der Waals surface area (Å²) in [5.41, 5.74) is -3.35. The van der Waals surface area contributed by atoms with Crippen LogP contribution >= 0.6 is 62.7 Å². The van der Waals surface area contributed by atoms with E-state index >= 15 is 0 Å². The summed E-state index contributed by atoms with van der Waals surface area (Å²) < 4.78 is 69.7. The second kappa shape index (κ2) is 35.4. The SMILES string of the molecule is CC[C@@H]1C[C@]1(NC(=O)[C@@H]1C[C@@H](Oc2cc(Sc3nncn3C)nc3c(Cl)c(OC)ccc23)CN1C(=O)[C@@H](NC(=O)OC1C[C@@H]2C[C@@H]2C1)C(C)(C)C)C(=O)O.CC[C@@H]1C[C@]1(NC(=O)[C@@H]1C[C@H](OS(=O)(=O)c2ccc(Br)cc2)CN1C(=O)[C@@H](NC(=O)OC1C[C@@H]2C[C@@H]2C1)C(C)(C)C)C(=O)OC.COc1ccc2c(=O)cc(Sc3nncn3C)[nH]c2c1Cl. The molecule has 6 saturated carbocycles. The molecular formula is C81H99BrCl2N14O19S3. The first-order valence-corrected chi connectivity index (χ1v) is 44.3. The van der Waals surface area contributed by atoms with E-state index in [4.69, 9.17) is 60.8 Å². The Morgan fingerprint density at radius 2 is 1.12 bits per heavy atom. The molecule has 0 radical (unpaired) electrons. The van der Waals surface area contributed by atoms with Gasteiger partial charge in [0.05, 0.1) is 54.9 Å². The largest absolute Gasteiger partial charge is 0.495 e. The molecule has 6 N–H and O–H groups in total. The summed E-state index contributed by atoms with van der Waals surface area (Å²) in [6, 6.07) is 11.6. The highest BCUT2D eigenvalue weighted by Crippen LogP contribution is 2.54. The van der Waals surface area contributed by atoms with Crippen LogP contribution in [0.3, 0.4) is 0 Å². The maximum absolute atomic E-state index is 14.6. The van der Waals surface area contributed by atoms with Crippen molar-refractivity contribution < 1.29 is 84.5 Å². The van der Waals surface area contributed by atoms with Crippen molar-refractivity contribution in [3.05, 3.63) is 98.1 Å². The van der Waals surface area contributed by atoms with Gasteiger partial charge < -0.3 is 78.7 Å². The van der Waals surface area contributed by atoms with Crippen molar-refractivity contribution in [1.29, 1.82) is 0 Å². The standard InChI is InChI=1S/C37H46ClN7O8S.C31H42BrN3O9S.C13H11ClN4O2S/c1-7-20-15-37(20,33(48)49)42-31(46)24-13-22(16-45(24)32(47)30(36(2,3)4)41-35(50)53-21-11-18-10-19(18)12-21)52-26-14-27(54-34-43-39-17-44(34)5)40-29-23(26)8-9-25(51-6)28(29)38;1-6-19-15-31(19,28(38)42-5)34-26(36)24-14-22(44-45(40,41)23-9-7-20(32)8-10-23)16-35(24)27(37)25(30(2,3)4)33-29(39)43-21-12-17-11-18(17)13-21;1-18-6-15-17-13(18)21-10-5-8(19)7-3-4-9(20-2)11(14)12(7)16-10/h8-9,14,17-22,24,30H,7,10-13,15-16H2,1-6H3,(H,41,50)(H,42,46)(H,48,49);7-10,17-19,21-22,24-25H,6,11-16H2,1-5H3,(H,33,39)(H,34,36);3-6H,1-2H3,(H,16,19)/t18-,19+,20-,21?,22-,24+,30-,37-;17-,18+,19-,21?,22+,24+,25-,31-;/m11./s1. The molecule has 0 bridgehead atoms. The number of aliphatic carboxylic acids is 1. The number of amides is 6. The molecule has 2 saturated heterocycles. The van der Waals surface area contributed by atoms with Gasteiger partial charge in [-0.2, -0.15) is 8.42 Å². The minimum Gasteiger partial charge on any atom is -0.495 e. The first-order chi connectivity index (χ1) is 56.8. The summed E-state index contributed by atoms with van der Waals surface area (Å²) in [7, 11) is 3.67. The number of carbonyl (C=O) groups is 8. The highest BCUT2D eigenvalue weighted by atomic mass is 79.9. The number of benzene rings is 3. The lowest BCUT2D eigenvalue weighted by atomic mass is 9.85. The second-order valence-corrected chi connectivity index (χ2v) is 39.4. The van der Waals surface area contributed by atoms with Crippen molar-refractivity contribution in [3.8, 4) is 17.2 Å². The van der Waals surface area contributed by atoms with Gasteiger partial charge in [0.25, 0.3) is 10.1 Å². The number of aromatic amines is 1. The van der Waals surface area contributed by atoms with Gasteiger partial charge in [0.15, 0.2) is 15.7 Å². The molecule has 0 spiro atoms. The molecule has 2 aliphatic heterocycles. The van der Waals surface area contributed by atoms with Crippen LogP contribution in [0.1, 0.15) is 132 Å². The zero-order valence-corrected chi connectivity index (χ0v) is 74.1. The molecule has 8 fully saturated rings. The minimum absolute atomic E-state index is 0.0248. The third kappa shape index (κ3) is 19.4. The number of carbonyl (C=O) groups excluding carboxylic acids is 7. The van der Waals surface area contributed by atoms with Crippen molar-refractivity contribution in [2.45, 2.75) is 217 Å². The van der Waals surface area contributed by atoms with Crippen LogP contribution in [0.5, 0.6) is 17.2 Å². The fourth-order valence-electron chi connectivity index (χ4n) is 16.7. The smallest absolute Gasteiger partial charge is 0.408 e. The van der Waals surface area contributed by atoms with E-state index in [2.05, 4.69) is 62.6 Å². The molecule has 8 aliphatic rings.